The molecule has 6 nitrogen and oxygen atoms in total. The second-order valence-corrected chi connectivity index (χ2v) is 5.07. The normalized spacial score (nSPS) is 23.1. The summed E-state index contributed by atoms with van der Waals surface area (Å²) in [5, 5.41) is 10.1. The van der Waals surface area contributed by atoms with Crippen LogP contribution in [0.4, 0.5) is 0 Å². The van der Waals surface area contributed by atoms with Gasteiger partial charge in [0.15, 0.2) is 0 Å². The van der Waals surface area contributed by atoms with E-state index >= 15 is 0 Å². The molecule has 0 saturated carbocycles. The third kappa shape index (κ3) is 1.53. The molecule has 0 saturated heterocycles. The van der Waals surface area contributed by atoms with Crippen LogP contribution in [0.3, 0.4) is 0 Å². The molecule has 1 atom stereocenters. The van der Waals surface area contributed by atoms with E-state index in [9.17, 15) is 13.5 Å². The third-order valence-electron chi connectivity index (χ3n) is 2.57. The van der Waals surface area contributed by atoms with Crippen molar-refractivity contribution in [2.45, 2.75) is 4.93 Å². The maximum Gasteiger partial charge on any atom is 0.346 e. The Hall–Kier alpha value is -1.79. The molecule has 0 aromatic heterocycles. The summed E-state index contributed by atoms with van der Waals surface area (Å²) in [7, 11) is -4.89. The van der Waals surface area contributed by atoms with Gasteiger partial charge in [-0.3, -0.25) is 4.55 Å². The molecule has 2 N–H and O–H groups in total. The molecule has 1 aliphatic carbocycles. The molecule has 0 bridgehead atoms. The number of aliphatic hydroxyl groups is 1. The van der Waals surface area contributed by atoms with Gasteiger partial charge in [0.25, 0.3) is 0 Å². The maximum atomic E-state index is 11.3. The summed E-state index contributed by atoms with van der Waals surface area (Å²) in [6.07, 6.45) is 2.60. The predicted molar refractivity (Wildman–Crippen MR) is 59.5 cm³/mol. The van der Waals surface area contributed by atoms with Gasteiger partial charge in [-0.2, -0.15) is 13.2 Å². The van der Waals surface area contributed by atoms with E-state index in [0.29, 0.717) is 5.56 Å². The quantitative estimate of drug-likeness (QED) is 0.428. The van der Waals surface area contributed by atoms with Gasteiger partial charge < -0.3 is 10.6 Å². The van der Waals surface area contributed by atoms with Gasteiger partial charge in [0.1, 0.15) is 0 Å². The Bertz CT molecular complexity index is 659. The highest BCUT2D eigenvalue weighted by Crippen LogP contribution is 2.34. The molecule has 0 heterocycles. The van der Waals surface area contributed by atoms with E-state index in [4.69, 9.17) is 10.1 Å². The van der Waals surface area contributed by atoms with E-state index in [1.54, 1.807) is 12.1 Å². The lowest BCUT2D eigenvalue weighted by Crippen LogP contribution is -2.44. The van der Waals surface area contributed by atoms with Crippen LogP contribution in [0.25, 0.3) is 11.6 Å². The highest BCUT2D eigenvalue weighted by Gasteiger charge is 2.55. The Morgan fingerprint density at radius 2 is 1.88 bits per heavy atom. The Balaban J connectivity index is 2.89. The zero-order chi connectivity index (χ0) is 12.7. The van der Waals surface area contributed by atoms with Crippen LogP contribution in [-0.2, 0) is 15.1 Å². The molecular weight excluding hydrogens is 244 g/mol. The van der Waals surface area contributed by atoms with Crippen LogP contribution in [0.1, 0.15) is 11.1 Å². The van der Waals surface area contributed by atoms with Gasteiger partial charge in [0.05, 0.1) is 0 Å². The molecule has 0 aliphatic heterocycles. The van der Waals surface area contributed by atoms with Crippen molar-refractivity contribution in [2.24, 2.45) is 0 Å². The molecule has 2 rings (SSSR count). The lowest BCUT2D eigenvalue weighted by molar-refractivity contribution is -0.0252. The standard InChI is InChI=1S/C10H8N2O4S/c11-12-9-6-5-7-3-1-2-4-8(7)10(9,13)17(14,15)16/h1-6,13H,(H,14,15,16). The Labute approximate surface area is 97.2 Å². The van der Waals surface area contributed by atoms with Gasteiger partial charge in [-0.1, -0.05) is 24.3 Å². The lowest BCUT2D eigenvalue weighted by Gasteiger charge is -2.24. The first kappa shape index (κ1) is 11.7. The van der Waals surface area contributed by atoms with Crippen LogP contribution in [-0.4, -0.2) is 28.6 Å². The second-order valence-electron chi connectivity index (χ2n) is 3.52. The van der Waals surface area contributed by atoms with Gasteiger partial charge in [0.2, 0.25) is 0 Å². The first-order valence-corrected chi connectivity index (χ1v) is 6.05. The zero-order valence-corrected chi connectivity index (χ0v) is 9.29. The summed E-state index contributed by atoms with van der Waals surface area (Å²) in [6, 6.07) is 6.05. The average molecular weight is 252 g/mol. The van der Waals surface area contributed by atoms with Gasteiger partial charge in [0, 0.05) is 11.6 Å². The molecule has 88 valence electrons. The van der Waals surface area contributed by atoms with Crippen LogP contribution in [0.5, 0.6) is 0 Å². The molecule has 17 heavy (non-hydrogen) atoms. The van der Waals surface area contributed by atoms with E-state index in [-0.39, 0.29) is 5.56 Å². The second kappa shape index (κ2) is 3.61. The fourth-order valence-corrected chi connectivity index (χ4v) is 2.58. The summed E-state index contributed by atoms with van der Waals surface area (Å²) in [5.41, 5.74) is 8.52. The molecule has 7 heteroatoms. The average Bonchev–Trinajstić information content (AvgIpc) is 2.28. The minimum Gasteiger partial charge on any atom is -0.361 e. The fraction of sp³-hybridized carbons (Fsp3) is 0.100. The molecular formula is C10H8N2O4S. The summed E-state index contributed by atoms with van der Waals surface area (Å²) in [6.45, 7) is 0. The summed E-state index contributed by atoms with van der Waals surface area (Å²) in [4.78, 5) is -0.0362. The number of rotatable bonds is 1. The van der Waals surface area contributed by atoms with Crippen molar-refractivity contribution in [1.29, 1.82) is 0 Å². The predicted octanol–water partition coefficient (Wildman–Crippen LogP) is 0.417. The summed E-state index contributed by atoms with van der Waals surface area (Å²) < 4.78 is 31.8. The number of fused-ring (bicyclic) bond motifs is 1. The monoisotopic (exact) mass is 252 g/mol. The molecule has 0 fully saturated rings. The molecule has 1 aliphatic rings. The molecule has 1 aromatic rings. The first-order chi connectivity index (χ1) is 7.91. The van der Waals surface area contributed by atoms with E-state index in [1.165, 1.54) is 18.2 Å². The number of benzene rings is 1. The van der Waals surface area contributed by atoms with E-state index in [1.807, 2.05) is 0 Å². The Morgan fingerprint density at radius 1 is 1.24 bits per heavy atom. The van der Waals surface area contributed by atoms with Crippen molar-refractivity contribution in [2.75, 3.05) is 0 Å². The highest BCUT2D eigenvalue weighted by atomic mass is 32.2. The zero-order valence-electron chi connectivity index (χ0n) is 8.48. The van der Waals surface area contributed by atoms with Crippen LogP contribution in [0, 0.1) is 0 Å². The van der Waals surface area contributed by atoms with Crippen LogP contribution >= 0.6 is 0 Å². The fourth-order valence-electron chi connectivity index (χ4n) is 1.74. The number of hydrogen-bond acceptors (Lipinski definition) is 3. The van der Waals surface area contributed by atoms with Crippen LogP contribution < -0.4 is 0 Å². The number of hydrogen-bond donors (Lipinski definition) is 2. The maximum absolute atomic E-state index is 11.3. The molecule has 1 unspecified atom stereocenters. The van der Waals surface area contributed by atoms with Crippen molar-refractivity contribution in [3.8, 4) is 0 Å². The smallest absolute Gasteiger partial charge is 0.346 e. The van der Waals surface area contributed by atoms with Gasteiger partial charge >= 0.3 is 20.8 Å². The topological polar surface area (TPSA) is 111 Å². The molecule has 0 amide bonds. The van der Waals surface area contributed by atoms with Gasteiger partial charge in [-0.25, -0.2) is 0 Å². The third-order valence-corrected chi connectivity index (χ3v) is 3.75. The largest absolute Gasteiger partial charge is 0.361 e. The van der Waals surface area contributed by atoms with Gasteiger partial charge in [-0.15, -0.1) is 0 Å². The molecule has 1 aromatic carbocycles. The van der Waals surface area contributed by atoms with Crippen molar-refractivity contribution in [1.82, 2.24) is 0 Å². The SMILES string of the molecule is [N-]=[N+]=C1C=Cc2ccccc2C1(O)S(=O)(=O)O. The van der Waals surface area contributed by atoms with Crippen molar-refractivity contribution < 1.29 is 22.9 Å². The van der Waals surface area contributed by atoms with Crippen molar-refractivity contribution in [3.63, 3.8) is 0 Å². The highest BCUT2D eigenvalue weighted by molar-refractivity contribution is 7.87. The summed E-state index contributed by atoms with van der Waals surface area (Å²) in [5.74, 6) is 0. The van der Waals surface area contributed by atoms with Gasteiger partial charge in [-0.05, 0) is 11.6 Å². The molecule has 0 radical (unpaired) electrons. The first-order valence-electron chi connectivity index (χ1n) is 4.61. The van der Waals surface area contributed by atoms with Crippen LogP contribution in [0.15, 0.2) is 30.3 Å². The Kier molecular flexibility index (Phi) is 2.48. The van der Waals surface area contributed by atoms with Crippen molar-refractivity contribution in [3.05, 3.63) is 47.0 Å². The summed E-state index contributed by atoms with van der Waals surface area (Å²) >= 11 is 0. The lowest BCUT2D eigenvalue weighted by atomic mass is 9.93. The van der Waals surface area contributed by atoms with E-state index in [2.05, 4.69) is 4.79 Å². The van der Waals surface area contributed by atoms with Crippen molar-refractivity contribution >= 4 is 21.9 Å². The minimum atomic E-state index is -4.89. The Morgan fingerprint density at radius 3 is 2.47 bits per heavy atom. The van der Waals surface area contributed by atoms with Crippen LogP contribution in [0.2, 0.25) is 0 Å². The minimum absolute atomic E-state index is 0.0576. The molecule has 0 spiro atoms. The van der Waals surface area contributed by atoms with E-state index < -0.39 is 20.8 Å². The number of nitrogens with zero attached hydrogens (tertiary/aromatic N) is 2. The van der Waals surface area contributed by atoms with E-state index in [0.717, 1.165) is 6.08 Å².